The van der Waals surface area contributed by atoms with Gasteiger partial charge in [0.2, 0.25) is 53.2 Å². The first kappa shape index (κ1) is 76.9. The van der Waals surface area contributed by atoms with Gasteiger partial charge in [0.05, 0.1) is 56.9 Å². The van der Waals surface area contributed by atoms with Crippen molar-refractivity contribution in [2.45, 2.75) is 162 Å². The van der Waals surface area contributed by atoms with Gasteiger partial charge in [-0.05, 0) is 98.5 Å². The van der Waals surface area contributed by atoms with Crippen LogP contribution in [0.2, 0.25) is 0 Å². The molecule has 0 aliphatic carbocycles. The molecule has 101 heavy (non-hydrogen) atoms. The number of rotatable bonds is 28. The summed E-state index contributed by atoms with van der Waals surface area (Å²) < 4.78 is 16.9. The molecule has 3 aromatic carbocycles. The monoisotopic (exact) mass is 1420 g/mol. The Labute approximate surface area is 588 Å². The van der Waals surface area contributed by atoms with E-state index in [2.05, 4.69) is 73.4 Å². The highest BCUT2D eigenvalue weighted by Crippen LogP contribution is 2.33. The van der Waals surface area contributed by atoms with Crippen LogP contribution >= 0.6 is 11.8 Å². The fourth-order valence-corrected chi connectivity index (χ4v) is 13.5. The van der Waals surface area contributed by atoms with Crippen molar-refractivity contribution in [3.05, 3.63) is 107 Å². The van der Waals surface area contributed by atoms with E-state index in [1.807, 2.05) is 30.0 Å². The molecule has 1 unspecified atom stereocenters. The Hall–Kier alpha value is -9.86. The van der Waals surface area contributed by atoms with Crippen LogP contribution in [0.4, 0.5) is 4.79 Å². The van der Waals surface area contributed by atoms with Gasteiger partial charge in [0, 0.05) is 73.3 Å². The van der Waals surface area contributed by atoms with Crippen molar-refractivity contribution in [3.63, 3.8) is 0 Å². The normalized spacial score (nSPS) is 24.0. The number of primary amides is 1. The number of unbranched alkanes of at least 4 members (excludes halogenated alkanes) is 1. The van der Waals surface area contributed by atoms with Crippen LogP contribution in [0.1, 0.15) is 94.2 Å². The zero-order valence-corrected chi connectivity index (χ0v) is 57.2. The molecule has 0 saturated carbocycles. The van der Waals surface area contributed by atoms with E-state index in [4.69, 9.17) is 31.4 Å². The van der Waals surface area contributed by atoms with Gasteiger partial charge in [-0.2, -0.15) is 22.0 Å². The number of benzene rings is 3. The molecule has 4 aliphatic rings. The molecule has 32 nitrogen and oxygen atoms in total. The van der Waals surface area contributed by atoms with E-state index in [1.54, 1.807) is 30.5 Å². The highest BCUT2D eigenvalue weighted by molar-refractivity contribution is 8.00. The number of guanidine groups is 1. The van der Waals surface area contributed by atoms with Gasteiger partial charge >= 0.3 is 6.03 Å². The highest BCUT2D eigenvalue weighted by atomic mass is 32.2. The molecule has 0 radical (unpaired) electrons. The van der Waals surface area contributed by atoms with Crippen LogP contribution in [0.3, 0.4) is 0 Å². The Morgan fingerprint density at radius 1 is 0.644 bits per heavy atom. The lowest BCUT2D eigenvalue weighted by molar-refractivity contribution is -0.135. The van der Waals surface area contributed by atoms with E-state index in [-0.39, 0.29) is 126 Å². The van der Waals surface area contributed by atoms with E-state index in [9.17, 15) is 53.4 Å². The molecule has 2 saturated heterocycles. The smallest absolute Gasteiger partial charge is 0.315 e. The maximum Gasteiger partial charge on any atom is 0.315 e. The number of nitrogens with one attached hydrogen (secondary N) is 11. The number of urea groups is 1. The lowest BCUT2D eigenvalue weighted by atomic mass is 10.0. The third kappa shape index (κ3) is 25.1. The summed E-state index contributed by atoms with van der Waals surface area (Å²) in [5.41, 5.74) is 19.6. The number of aliphatic imine (C=N–C) groups is 1. The predicted octanol–water partition coefficient (Wildman–Crippen LogP) is 0.134. The molecule has 11 amide bonds. The lowest BCUT2D eigenvalue weighted by Crippen LogP contribution is -2.60. The van der Waals surface area contributed by atoms with Gasteiger partial charge in [0.15, 0.2) is 5.96 Å². The Bertz CT molecular complexity index is 3590. The van der Waals surface area contributed by atoms with Crippen molar-refractivity contribution < 1.29 is 72.4 Å². The number of phenolic OH excluding ortho intramolecular Hbond substituents is 2. The van der Waals surface area contributed by atoms with Crippen molar-refractivity contribution in [1.29, 1.82) is 0 Å². The fourth-order valence-electron chi connectivity index (χ4n) is 12.0. The van der Waals surface area contributed by atoms with E-state index in [0.717, 1.165) is 35.9 Å². The quantitative estimate of drug-likeness (QED) is 0.0156. The van der Waals surface area contributed by atoms with E-state index < -0.39 is 102 Å². The number of aromatic amines is 1. The Kier molecular flexibility index (Phi) is 29.9. The number of nitrogens with two attached hydrogens (primary N) is 3. The van der Waals surface area contributed by atoms with Crippen LogP contribution < -0.4 is 70.4 Å². The van der Waals surface area contributed by atoms with Crippen molar-refractivity contribution >= 4 is 87.8 Å². The van der Waals surface area contributed by atoms with Crippen molar-refractivity contribution in [2.24, 2.45) is 32.4 Å². The Balaban J connectivity index is 0.966. The first-order valence-corrected chi connectivity index (χ1v) is 35.1. The van der Waals surface area contributed by atoms with Crippen molar-refractivity contribution in [3.8, 4) is 11.5 Å². The van der Waals surface area contributed by atoms with Gasteiger partial charge < -0.3 is 99.8 Å². The number of fused-ring (bicyclic) bond motifs is 3. The maximum atomic E-state index is 15.2. The van der Waals surface area contributed by atoms with Crippen LogP contribution in [0.15, 0.2) is 106 Å². The summed E-state index contributed by atoms with van der Waals surface area (Å²) in [5.74, 6) is -6.17. The number of aromatic nitrogens is 1. The number of H-pyrrole nitrogens is 1. The van der Waals surface area contributed by atoms with E-state index >= 15 is 4.79 Å². The second-order valence-corrected chi connectivity index (χ2v) is 26.5. The van der Waals surface area contributed by atoms with Crippen LogP contribution in [0.25, 0.3) is 10.9 Å². The van der Waals surface area contributed by atoms with Gasteiger partial charge in [-0.3, -0.25) is 48.1 Å². The van der Waals surface area contributed by atoms with Gasteiger partial charge in [-0.15, -0.1) is 0 Å². The topological polar surface area (TPSA) is 490 Å². The largest absolute Gasteiger partial charge is 0.508 e. The number of amides is 11. The third-order valence-corrected chi connectivity index (χ3v) is 18.9. The predicted molar refractivity (Wildman–Crippen MR) is 373 cm³/mol. The van der Waals surface area contributed by atoms with Gasteiger partial charge in [-0.1, -0.05) is 61.7 Å². The van der Waals surface area contributed by atoms with Gasteiger partial charge in [0.25, 0.3) is 0 Å². The standard InChI is InChI=1S/C68H93N17O15S/c1-39-61(91)79-51(31-40-16-20-45(86)21-17-40)63(93)77-49(60(69)90)12-4-2-9-43-34-44(85-84-43)35-54(76-58(89)37-100-30-29-99-28-27-98-26-25-72-57(88)15-7-6-14-56-59-55(38-101-56)82-68(97)83-59)66(96)81-53(33-42-36-74-48-11-5-3-10-47(42)48)65(95)80-52(32-41-18-22-46(87)23-19-41)64(94)78-50(62(92)75-39)13-8-24-73-67(70)71/h3,5,10-11,16-23,34,36,39,43,49-56,59,74,86-87H,2,4,6-9,12-15,24-33,35,37-38H2,1H3,(H2,69,90)(H,72,88)(H,75,92)(H,76,89)(H,77,93)(H,78,94)(H,79,91)(H,80,95)(H,81,96)(H4,70,71,73)(H2,82,83,97)/t39-,43?,49+,50-,51-,52-,53-,54+,55-,56-,59-/m1/s1. The number of phenols is 2. The zero-order valence-electron chi connectivity index (χ0n) is 56.4. The molecule has 4 aliphatic heterocycles. The van der Waals surface area contributed by atoms with Crippen LogP contribution in [-0.2, 0) is 76.6 Å². The fraction of sp³-hybridized carbons (Fsp3) is 0.515. The van der Waals surface area contributed by atoms with Crippen LogP contribution in [-0.4, -0.2) is 205 Å². The number of hydrogen-bond acceptors (Lipinski definition) is 19. The minimum absolute atomic E-state index is 0.0147. The summed E-state index contributed by atoms with van der Waals surface area (Å²) in [6, 6.07) is 8.92. The average Bonchev–Trinajstić information content (AvgIpc) is 1.71. The Morgan fingerprint density at radius 3 is 1.95 bits per heavy atom. The van der Waals surface area contributed by atoms with Gasteiger partial charge in [0.1, 0.15) is 60.4 Å². The second-order valence-electron chi connectivity index (χ2n) is 25.2. The van der Waals surface area contributed by atoms with Crippen molar-refractivity contribution in [1.82, 2.24) is 58.2 Å². The molecule has 11 atom stereocenters. The molecule has 2 bridgehead atoms. The highest BCUT2D eigenvalue weighted by Gasteiger charge is 2.43. The minimum atomic E-state index is -1.50. The number of aromatic hydroxyl groups is 2. The molecular formula is C68H93N17O15S. The van der Waals surface area contributed by atoms with Crippen LogP contribution in [0.5, 0.6) is 11.5 Å². The number of nitrogens with zero attached hydrogens (tertiary/aromatic N) is 3. The Morgan fingerprint density at radius 2 is 1.26 bits per heavy atom. The number of ether oxygens (including phenoxy) is 3. The summed E-state index contributed by atoms with van der Waals surface area (Å²) in [7, 11) is 0. The summed E-state index contributed by atoms with van der Waals surface area (Å²) in [4.78, 5) is 146. The summed E-state index contributed by atoms with van der Waals surface area (Å²) in [5, 5.41) is 57.9. The minimum Gasteiger partial charge on any atom is -0.508 e. The maximum absolute atomic E-state index is 15.2. The molecule has 4 aromatic rings. The molecule has 8 rings (SSSR count). The number of carbonyl (C=O) groups excluding carboxylic acids is 10. The number of para-hydroxylation sites is 1. The molecule has 19 N–H and O–H groups in total. The molecule has 2 fully saturated rings. The zero-order chi connectivity index (χ0) is 72.2. The first-order valence-electron chi connectivity index (χ1n) is 34.0. The molecular weight excluding hydrogens is 1330 g/mol. The molecule has 5 heterocycles. The number of azo groups is 1. The van der Waals surface area contributed by atoms with E-state index in [1.165, 1.54) is 43.3 Å². The summed E-state index contributed by atoms with van der Waals surface area (Å²) in [6.07, 6.45) is 6.88. The number of hydrogen-bond donors (Lipinski definition) is 16. The molecule has 1 aromatic heterocycles. The summed E-state index contributed by atoms with van der Waals surface area (Å²) >= 11 is 1.84. The van der Waals surface area contributed by atoms with Gasteiger partial charge in [-0.25, -0.2) is 4.79 Å². The number of carbonyl (C=O) groups is 10. The average molecular weight is 1420 g/mol. The molecule has 546 valence electrons. The molecule has 33 heteroatoms. The second kappa shape index (κ2) is 39.2. The van der Waals surface area contributed by atoms with Crippen LogP contribution in [0, 0.1) is 0 Å². The molecule has 0 spiro atoms. The number of thioether (sulfide) groups is 1. The summed E-state index contributed by atoms with van der Waals surface area (Å²) in [6.45, 7) is 1.92. The lowest BCUT2D eigenvalue weighted by Gasteiger charge is -2.27. The SMILES string of the molecule is C[C@H]1NC(=O)[C@@H](CCCN=C(N)N)NC(=O)[C@@H](Cc2ccc(O)cc2)NC(=O)[C@@H](Cc2c[nH]c3ccccc23)NC(=O)[C@@H](NC(=O)COCCOCCOCCNC(=O)CCCC[C@H]2SC[C@H]3NC(=O)N[C@H]32)CC2=CC(CCCC[C@@H](C(N)=O)NC(=O)[C@@H](Cc3ccc(O)cc3)NC1=O)N=N2. The van der Waals surface area contributed by atoms with E-state index in [0.29, 0.717) is 59.9 Å². The first-order chi connectivity index (χ1) is 48.6. The van der Waals surface area contributed by atoms with Crippen molar-refractivity contribution in [2.75, 3.05) is 58.5 Å². The third-order valence-electron chi connectivity index (χ3n) is 17.4.